The molecular weight excluding hydrogens is 382 g/mol. The van der Waals surface area contributed by atoms with E-state index in [1.165, 1.54) is 4.68 Å². The van der Waals surface area contributed by atoms with Crippen molar-refractivity contribution in [3.63, 3.8) is 0 Å². The fraction of sp³-hybridized carbons (Fsp3) is 0.364. The van der Waals surface area contributed by atoms with Crippen molar-refractivity contribution >= 4 is 11.7 Å². The second kappa shape index (κ2) is 9.04. The van der Waals surface area contributed by atoms with Gasteiger partial charge in [0.05, 0.1) is 19.4 Å². The summed E-state index contributed by atoms with van der Waals surface area (Å²) in [6.45, 7) is 8.16. The standard InChI is InChI=1S/C22H27N5O3/c1-15(30-14-16-8-6-9-17(12-16)29-5)20(28)25-19-13-18(22(2,3)4)26-27(19)21-23-10-7-11-24-21/h6-13,15H,14H2,1-5H3,(H,25,28). The third-order valence-corrected chi connectivity index (χ3v) is 4.47. The Morgan fingerprint density at radius 2 is 1.90 bits per heavy atom. The van der Waals surface area contributed by atoms with Crippen LogP contribution in [0.2, 0.25) is 0 Å². The van der Waals surface area contributed by atoms with Crippen LogP contribution in [0.3, 0.4) is 0 Å². The van der Waals surface area contributed by atoms with Gasteiger partial charge < -0.3 is 14.8 Å². The molecule has 2 aromatic heterocycles. The summed E-state index contributed by atoms with van der Waals surface area (Å²) in [4.78, 5) is 21.2. The van der Waals surface area contributed by atoms with Crippen molar-refractivity contribution in [2.75, 3.05) is 12.4 Å². The summed E-state index contributed by atoms with van der Waals surface area (Å²) in [5.74, 6) is 1.34. The maximum Gasteiger partial charge on any atom is 0.254 e. The van der Waals surface area contributed by atoms with E-state index in [2.05, 4.69) is 41.2 Å². The molecule has 0 spiro atoms. The molecule has 3 rings (SSSR count). The van der Waals surface area contributed by atoms with Gasteiger partial charge in [-0.2, -0.15) is 9.78 Å². The van der Waals surface area contributed by atoms with E-state index >= 15 is 0 Å². The largest absolute Gasteiger partial charge is 0.497 e. The molecule has 8 nitrogen and oxygen atoms in total. The number of carbonyl (C=O) groups is 1. The highest BCUT2D eigenvalue weighted by molar-refractivity contribution is 5.93. The molecule has 0 saturated heterocycles. The van der Waals surface area contributed by atoms with E-state index in [0.717, 1.165) is 17.0 Å². The number of hydrogen-bond donors (Lipinski definition) is 1. The van der Waals surface area contributed by atoms with Crippen molar-refractivity contribution in [2.45, 2.75) is 45.8 Å². The molecule has 3 aromatic rings. The van der Waals surface area contributed by atoms with Gasteiger partial charge in [-0.1, -0.05) is 32.9 Å². The van der Waals surface area contributed by atoms with Crippen LogP contribution in [0.4, 0.5) is 5.82 Å². The number of rotatable bonds is 7. The van der Waals surface area contributed by atoms with Gasteiger partial charge in [-0.25, -0.2) is 9.97 Å². The predicted molar refractivity (Wildman–Crippen MR) is 114 cm³/mol. The number of ether oxygens (including phenoxy) is 2. The van der Waals surface area contributed by atoms with Gasteiger partial charge in [0.15, 0.2) is 0 Å². The number of methoxy groups -OCH3 is 1. The van der Waals surface area contributed by atoms with Crippen LogP contribution in [0.5, 0.6) is 5.75 Å². The minimum atomic E-state index is -0.672. The highest BCUT2D eigenvalue weighted by Gasteiger charge is 2.23. The van der Waals surface area contributed by atoms with Crippen LogP contribution in [-0.4, -0.2) is 38.9 Å². The lowest BCUT2D eigenvalue weighted by atomic mass is 9.92. The summed E-state index contributed by atoms with van der Waals surface area (Å²) >= 11 is 0. The predicted octanol–water partition coefficient (Wildman–Crippen LogP) is 3.51. The first-order chi connectivity index (χ1) is 14.3. The molecular formula is C22H27N5O3. The van der Waals surface area contributed by atoms with Gasteiger partial charge in [0, 0.05) is 23.9 Å². The highest BCUT2D eigenvalue weighted by Crippen LogP contribution is 2.25. The highest BCUT2D eigenvalue weighted by atomic mass is 16.5. The summed E-state index contributed by atoms with van der Waals surface area (Å²) in [5, 5.41) is 7.49. The van der Waals surface area contributed by atoms with Gasteiger partial charge in [-0.15, -0.1) is 0 Å². The Hall–Kier alpha value is -3.26. The molecule has 1 N–H and O–H groups in total. The van der Waals surface area contributed by atoms with E-state index < -0.39 is 6.10 Å². The summed E-state index contributed by atoms with van der Waals surface area (Å²) in [6.07, 6.45) is 2.59. The van der Waals surface area contributed by atoms with Crippen molar-refractivity contribution in [3.8, 4) is 11.7 Å². The van der Waals surface area contributed by atoms with Gasteiger partial charge in [0.2, 0.25) is 0 Å². The van der Waals surface area contributed by atoms with E-state index in [1.807, 2.05) is 30.3 Å². The average Bonchev–Trinajstić information content (AvgIpc) is 3.17. The Morgan fingerprint density at radius 3 is 2.57 bits per heavy atom. The fourth-order valence-electron chi connectivity index (χ4n) is 2.68. The molecule has 0 fully saturated rings. The van der Waals surface area contributed by atoms with Crippen LogP contribution in [-0.2, 0) is 21.6 Å². The first-order valence-electron chi connectivity index (χ1n) is 9.71. The number of nitrogens with zero attached hydrogens (tertiary/aromatic N) is 4. The van der Waals surface area contributed by atoms with Crippen LogP contribution in [0.25, 0.3) is 5.95 Å². The molecule has 30 heavy (non-hydrogen) atoms. The molecule has 1 atom stereocenters. The number of nitrogens with one attached hydrogen (secondary N) is 1. The SMILES string of the molecule is COc1cccc(COC(C)C(=O)Nc2cc(C(C)(C)C)nn2-c2ncccn2)c1. The van der Waals surface area contributed by atoms with E-state index in [4.69, 9.17) is 9.47 Å². The van der Waals surface area contributed by atoms with E-state index in [1.54, 1.807) is 32.5 Å². The normalized spacial score (nSPS) is 12.4. The summed E-state index contributed by atoms with van der Waals surface area (Å²) < 4.78 is 12.5. The lowest BCUT2D eigenvalue weighted by molar-refractivity contribution is -0.127. The molecule has 0 saturated carbocycles. The van der Waals surface area contributed by atoms with Gasteiger partial charge in [0.1, 0.15) is 17.7 Å². The molecule has 0 aliphatic heterocycles. The second-order valence-corrected chi connectivity index (χ2v) is 7.92. The molecule has 1 aromatic carbocycles. The summed E-state index contributed by atoms with van der Waals surface area (Å²) in [5.41, 5.74) is 1.54. The first-order valence-corrected chi connectivity index (χ1v) is 9.71. The Balaban J connectivity index is 1.74. The molecule has 0 bridgehead atoms. The first kappa shape index (κ1) is 21.4. The van der Waals surface area contributed by atoms with Crippen molar-refractivity contribution in [2.24, 2.45) is 0 Å². The number of amides is 1. The lowest BCUT2D eigenvalue weighted by Crippen LogP contribution is -2.28. The topological polar surface area (TPSA) is 91.2 Å². The Morgan fingerprint density at radius 1 is 1.17 bits per heavy atom. The van der Waals surface area contributed by atoms with Gasteiger partial charge in [-0.05, 0) is 30.7 Å². The monoisotopic (exact) mass is 409 g/mol. The molecule has 0 aliphatic carbocycles. The maximum atomic E-state index is 12.8. The van der Waals surface area contributed by atoms with E-state index in [-0.39, 0.29) is 11.3 Å². The zero-order chi connectivity index (χ0) is 21.7. The average molecular weight is 409 g/mol. The Kier molecular flexibility index (Phi) is 6.47. The fourth-order valence-corrected chi connectivity index (χ4v) is 2.68. The Labute approximate surface area is 176 Å². The lowest BCUT2D eigenvalue weighted by Gasteiger charge is -2.14. The Bertz CT molecular complexity index is 996. The summed E-state index contributed by atoms with van der Waals surface area (Å²) in [6, 6.07) is 11.1. The van der Waals surface area contributed by atoms with Crippen LogP contribution in [0.15, 0.2) is 48.8 Å². The van der Waals surface area contributed by atoms with Gasteiger partial charge in [0.25, 0.3) is 11.9 Å². The van der Waals surface area contributed by atoms with Crippen LogP contribution < -0.4 is 10.1 Å². The molecule has 2 heterocycles. The molecule has 1 unspecified atom stereocenters. The van der Waals surface area contributed by atoms with Crippen LogP contribution >= 0.6 is 0 Å². The third kappa shape index (κ3) is 5.21. The molecule has 0 aliphatic rings. The number of anilines is 1. The second-order valence-electron chi connectivity index (χ2n) is 7.92. The minimum Gasteiger partial charge on any atom is -0.497 e. The van der Waals surface area contributed by atoms with E-state index in [9.17, 15) is 4.79 Å². The molecule has 0 radical (unpaired) electrons. The summed E-state index contributed by atoms with van der Waals surface area (Å²) in [7, 11) is 1.61. The van der Waals surface area contributed by atoms with Crippen LogP contribution in [0.1, 0.15) is 39.0 Å². The zero-order valence-corrected chi connectivity index (χ0v) is 17.9. The quantitative estimate of drug-likeness (QED) is 0.642. The van der Waals surface area contributed by atoms with Crippen molar-refractivity contribution < 1.29 is 14.3 Å². The van der Waals surface area contributed by atoms with Crippen molar-refractivity contribution in [1.82, 2.24) is 19.7 Å². The van der Waals surface area contributed by atoms with Crippen molar-refractivity contribution in [3.05, 3.63) is 60.0 Å². The van der Waals surface area contributed by atoms with Gasteiger partial charge in [-0.3, -0.25) is 4.79 Å². The van der Waals surface area contributed by atoms with Crippen LogP contribution in [0, 0.1) is 0 Å². The number of carbonyl (C=O) groups excluding carboxylic acids is 1. The maximum absolute atomic E-state index is 12.8. The minimum absolute atomic E-state index is 0.200. The third-order valence-electron chi connectivity index (χ3n) is 4.47. The molecule has 8 heteroatoms. The number of hydrogen-bond acceptors (Lipinski definition) is 6. The zero-order valence-electron chi connectivity index (χ0n) is 17.9. The van der Waals surface area contributed by atoms with Gasteiger partial charge >= 0.3 is 0 Å². The molecule has 158 valence electrons. The number of aromatic nitrogens is 4. The smallest absolute Gasteiger partial charge is 0.254 e. The van der Waals surface area contributed by atoms with E-state index in [0.29, 0.717) is 18.4 Å². The number of benzene rings is 1. The van der Waals surface area contributed by atoms with Crippen molar-refractivity contribution in [1.29, 1.82) is 0 Å². The molecule has 1 amide bonds.